The van der Waals surface area contributed by atoms with E-state index in [0.717, 1.165) is 10.0 Å². The molecule has 0 spiro atoms. The van der Waals surface area contributed by atoms with Crippen LogP contribution in [0.3, 0.4) is 0 Å². The number of amides is 1. The van der Waals surface area contributed by atoms with Crippen LogP contribution < -0.4 is 5.32 Å². The predicted octanol–water partition coefficient (Wildman–Crippen LogP) is 2.95. The van der Waals surface area contributed by atoms with Crippen molar-refractivity contribution >= 4 is 27.8 Å². The first-order valence-corrected chi connectivity index (χ1v) is 7.04. The number of ether oxygens (including phenoxy) is 1. The third-order valence-electron chi connectivity index (χ3n) is 2.62. The van der Waals surface area contributed by atoms with E-state index >= 15 is 0 Å². The quantitative estimate of drug-likeness (QED) is 0.843. The van der Waals surface area contributed by atoms with E-state index in [1.54, 1.807) is 12.1 Å². The van der Waals surface area contributed by atoms with Crippen molar-refractivity contribution in [2.45, 2.75) is 6.61 Å². The second-order valence-electron chi connectivity index (χ2n) is 4.20. The number of Topliss-reactive ketones (excluding diaryl/α,β-unsaturated/α-hetero) is 1. The smallest absolute Gasteiger partial charge is 0.407 e. The Balaban J connectivity index is 1.76. The Bertz CT molecular complexity index is 615. The van der Waals surface area contributed by atoms with Crippen LogP contribution in [0.2, 0.25) is 0 Å². The Morgan fingerprint density at radius 3 is 2.57 bits per heavy atom. The Hall–Kier alpha value is -2.21. The monoisotopic (exact) mass is 348 g/mol. The van der Waals surface area contributed by atoms with E-state index in [9.17, 15) is 9.59 Å². The molecule has 1 heterocycles. The average Bonchev–Trinajstić information content (AvgIpc) is 2.52. The molecule has 1 aromatic carbocycles. The van der Waals surface area contributed by atoms with Crippen LogP contribution in [0.4, 0.5) is 4.79 Å². The van der Waals surface area contributed by atoms with Gasteiger partial charge in [0.15, 0.2) is 5.78 Å². The molecule has 0 saturated carbocycles. The van der Waals surface area contributed by atoms with Crippen molar-refractivity contribution in [1.82, 2.24) is 10.3 Å². The number of aromatic nitrogens is 1. The Morgan fingerprint density at radius 2 is 1.90 bits per heavy atom. The van der Waals surface area contributed by atoms with Gasteiger partial charge in [0.1, 0.15) is 12.3 Å². The number of pyridine rings is 1. The maximum absolute atomic E-state index is 11.8. The summed E-state index contributed by atoms with van der Waals surface area (Å²) >= 11 is 3.24. The van der Waals surface area contributed by atoms with Crippen LogP contribution in [0.25, 0.3) is 0 Å². The Morgan fingerprint density at radius 1 is 1.14 bits per heavy atom. The first-order chi connectivity index (χ1) is 10.1. The van der Waals surface area contributed by atoms with Gasteiger partial charge in [0.2, 0.25) is 0 Å². The highest BCUT2D eigenvalue weighted by atomic mass is 79.9. The molecule has 0 unspecified atom stereocenters. The number of ketones is 1. The summed E-state index contributed by atoms with van der Waals surface area (Å²) in [4.78, 5) is 27.2. The van der Waals surface area contributed by atoms with Crippen molar-refractivity contribution in [2.75, 3.05) is 6.54 Å². The molecule has 0 aliphatic carbocycles. The molecule has 2 aromatic rings. The van der Waals surface area contributed by atoms with Crippen LogP contribution in [-0.4, -0.2) is 23.4 Å². The number of benzene rings is 1. The van der Waals surface area contributed by atoms with Crippen LogP contribution >= 0.6 is 15.9 Å². The molecule has 1 amide bonds. The number of halogens is 1. The lowest BCUT2D eigenvalue weighted by Gasteiger charge is -2.06. The topological polar surface area (TPSA) is 68.3 Å². The van der Waals surface area contributed by atoms with Crippen molar-refractivity contribution in [3.05, 3.63) is 64.4 Å². The number of carbonyl (C=O) groups excluding carboxylic acids is 2. The molecule has 0 aliphatic rings. The number of nitrogens with one attached hydrogen (secondary N) is 1. The van der Waals surface area contributed by atoms with Gasteiger partial charge >= 0.3 is 6.09 Å². The highest BCUT2D eigenvalue weighted by Crippen LogP contribution is 2.07. The van der Waals surface area contributed by atoms with Gasteiger partial charge in [0.25, 0.3) is 0 Å². The van der Waals surface area contributed by atoms with Crippen molar-refractivity contribution in [3.8, 4) is 0 Å². The molecule has 0 aliphatic heterocycles. The number of carbonyl (C=O) groups is 2. The van der Waals surface area contributed by atoms with Gasteiger partial charge < -0.3 is 10.1 Å². The first-order valence-electron chi connectivity index (χ1n) is 6.24. The minimum Gasteiger partial charge on any atom is -0.445 e. The van der Waals surface area contributed by atoms with Crippen molar-refractivity contribution in [3.63, 3.8) is 0 Å². The van der Waals surface area contributed by atoms with Crippen molar-refractivity contribution in [1.29, 1.82) is 0 Å². The molecular weight excluding hydrogens is 336 g/mol. The molecule has 0 bridgehead atoms. The van der Waals surface area contributed by atoms with E-state index in [4.69, 9.17) is 4.74 Å². The van der Waals surface area contributed by atoms with Crippen LogP contribution in [0.5, 0.6) is 0 Å². The number of hydrogen-bond acceptors (Lipinski definition) is 4. The minimum atomic E-state index is -0.635. The van der Waals surface area contributed by atoms with Gasteiger partial charge in [-0.2, -0.15) is 0 Å². The molecule has 0 fully saturated rings. The summed E-state index contributed by atoms with van der Waals surface area (Å²) in [5, 5.41) is 2.40. The maximum Gasteiger partial charge on any atom is 0.407 e. The van der Waals surface area contributed by atoms with Crippen LogP contribution in [0.1, 0.15) is 16.1 Å². The van der Waals surface area contributed by atoms with E-state index < -0.39 is 6.09 Å². The largest absolute Gasteiger partial charge is 0.445 e. The molecule has 0 radical (unpaired) electrons. The van der Waals surface area contributed by atoms with Crippen molar-refractivity contribution < 1.29 is 14.3 Å². The fourth-order valence-electron chi connectivity index (χ4n) is 1.56. The molecule has 6 heteroatoms. The van der Waals surface area contributed by atoms with Crippen LogP contribution in [-0.2, 0) is 11.3 Å². The summed E-state index contributed by atoms with van der Waals surface area (Å²) in [6, 6.07) is 12.6. The molecule has 21 heavy (non-hydrogen) atoms. The van der Waals surface area contributed by atoms with E-state index in [0.29, 0.717) is 5.69 Å². The highest BCUT2D eigenvalue weighted by molar-refractivity contribution is 9.10. The zero-order valence-electron chi connectivity index (χ0n) is 11.1. The van der Waals surface area contributed by atoms with E-state index in [-0.39, 0.29) is 18.9 Å². The normalized spacial score (nSPS) is 9.95. The fraction of sp³-hybridized carbons (Fsp3) is 0.133. The lowest BCUT2D eigenvalue weighted by atomic mass is 10.2. The summed E-state index contributed by atoms with van der Waals surface area (Å²) in [7, 11) is 0. The molecule has 0 saturated heterocycles. The molecule has 5 nitrogen and oxygen atoms in total. The van der Waals surface area contributed by atoms with Crippen LogP contribution in [0, 0.1) is 0 Å². The number of nitrogens with zero attached hydrogens (tertiary/aromatic N) is 1. The van der Waals surface area contributed by atoms with E-state index in [2.05, 4.69) is 26.2 Å². The number of rotatable bonds is 5. The minimum absolute atomic E-state index is 0.151. The summed E-state index contributed by atoms with van der Waals surface area (Å²) in [6.45, 7) is 0.0135. The number of hydrogen-bond donors (Lipinski definition) is 1. The van der Waals surface area contributed by atoms with Crippen LogP contribution in [0.15, 0.2) is 53.1 Å². The molecule has 108 valence electrons. The summed E-state index contributed by atoms with van der Waals surface area (Å²) < 4.78 is 5.79. The fourth-order valence-corrected chi connectivity index (χ4v) is 1.79. The standard InChI is InChI=1S/C15H13BrN2O3/c16-12-6-7-13(17-8-12)14(19)9-18-15(20)21-10-11-4-2-1-3-5-11/h1-8H,9-10H2,(H,18,20). The Kier molecular flexibility index (Phi) is 5.45. The third-order valence-corrected chi connectivity index (χ3v) is 3.09. The predicted molar refractivity (Wildman–Crippen MR) is 80.9 cm³/mol. The molecule has 1 N–H and O–H groups in total. The van der Waals surface area contributed by atoms with E-state index in [1.165, 1.54) is 6.20 Å². The van der Waals surface area contributed by atoms with Crippen molar-refractivity contribution in [2.24, 2.45) is 0 Å². The summed E-state index contributed by atoms with van der Waals surface area (Å²) in [5.41, 5.74) is 1.18. The van der Waals surface area contributed by atoms with Gasteiger partial charge in [0.05, 0.1) is 6.54 Å². The maximum atomic E-state index is 11.8. The Labute approximate surface area is 130 Å². The van der Waals surface area contributed by atoms with Gasteiger partial charge in [-0.3, -0.25) is 9.78 Å². The second-order valence-corrected chi connectivity index (χ2v) is 5.12. The van der Waals surface area contributed by atoms with Gasteiger partial charge in [-0.05, 0) is 33.6 Å². The lowest BCUT2D eigenvalue weighted by molar-refractivity contribution is 0.0969. The highest BCUT2D eigenvalue weighted by Gasteiger charge is 2.10. The molecular formula is C15H13BrN2O3. The number of alkyl carbamates (subject to hydrolysis) is 1. The SMILES string of the molecule is O=C(NCC(=O)c1ccc(Br)cn1)OCc1ccccc1. The third kappa shape index (κ3) is 5.00. The van der Waals surface area contributed by atoms with Gasteiger partial charge in [-0.15, -0.1) is 0 Å². The first kappa shape index (κ1) is 15.2. The van der Waals surface area contributed by atoms with Gasteiger partial charge in [0, 0.05) is 10.7 Å². The van der Waals surface area contributed by atoms with Gasteiger partial charge in [-0.25, -0.2) is 4.79 Å². The zero-order valence-corrected chi connectivity index (χ0v) is 12.7. The van der Waals surface area contributed by atoms with Gasteiger partial charge in [-0.1, -0.05) is 30.3 Å². The molecule has 2 rings (SSSR count). The lowest BCUT2D eigenvalue weighted by Crippen LogP contribution is -2.30. The molecule has 1 aromatic heterocycles. The summed E-state index contributed by atoms with van der Waals surface area (Å²) in [6.07, 6.45) is 0.894. The average molecular weight is 349 g/mol. The summed E-state index contributed by atoms with van der Waals surface area (Å²) in [5.74, 6) is -0.279. The second kappa shape index (κ2) is 7.54. The zero-order chi connectivity index (χ0) is 15.1. The van der Waals surface area contributed by atoms with E-state index in [1.807, 2.05) is 30.3 Å². The molecule has 0 atom stereocenters.